The molecule has 2 aromatic rings. The summed E-state index contributed by atoms with van der Waals surface area (Å²) in [6, 6.07) is 13.1. The van der Waals surface area contributed by atoms with Crippen LogP contribution in [0.15, 0.2) is 48.5 Å². The Balaban J connectivity index is 2.09. The van der Waals surface area contributed by atoms with Crippen molar-refractivity contribution >= 4 is 35.2 Å². The zero-order valence-electron chi connectivity index (χ0n) is 17.5. The van der Waals surface area contributed by atoms with Crippen LogP contribution >= 0.6 is 23.4 Å². The average molecular weight is 451 g/mol. The van der Waals surface area contributed by atoms with E-state index in [0.717, 1.165) is 12.0 Å². The smallest absolute Gasteiger partial charge is 0.242 e. The molecule has 7 heteroatoms. The van der Waals surface area contributed by atoms with E-state index in [2.05, 4.69) is 5.32 Å². The summed E-state index contributed by atoms with van der Waals surface area (Å²) in [5, 5.41) is 3.51. The molecule has 0 unspecified atom stereocenters. The zero-order valence-corrected chi connectivity index (χ0v) is 19.1. The number of nitrogens with one attached hydrogen (secondary N) is 1. The fourth-order valence-electron chi connectivity index (χ4n) is 2.83. The van der Waals surface area contributed by atoms with Crippen molar-refractivity contribution in [1.29, 1.82) is 0 Å². The molecular weight excluding hydrogens is 423 g/mol. The molecule has 162 valence electrons. The molecule has 1 N–H and O–H groups in total. The Bertz CT molecular complexity index is 865. The number of halogens is 2. The fourth-order valence-corrected chi connectivity index (χ4v) is 3.94. The van der Waals surface area contributed by atoms with Gasteiger partial charge in [-0.1, -0.05) is 48.9 Å². The predicted molar refractivity (Wildman–Crippen MR) is 122 cm³/mol. The van der Waals surface area contributed by atoms with Crippen molar-refractivity contribution < 1.29 is 14.0 Å². The number of carbonyl (C=O) groups is 2. The first kappa shape index (κ1) is 24.2. The largest absolute Gasteiger partial charge is 0.352 e. The van der Waals surface area contributed by atoms with Crippen molar-refractivity contribution in [2.45, 2.75) is 51.6 Å². The summed E-state index contributed by atoms with van der Waals surface area (Å²) in [5.41, 5.74) is 1.40. The normalized spacial score (nSPS) is 12.8. The number of amides is 2. The van der Waals surface area contributed by atoms with Crippen LogP contribution in [-0.2, 0) is 21.9 Å². The van der Waals surface area contributed by atoms with E-state index >= 15 is 0 Å². The molecule has 0 heterocycles. The summed E-state index contributed by atoms with van der Waals surface area (Å²) in [6.45, 7) is 5.91. The molecule has 0 bridgehead atoms. The maximum Gasteiger partial charge on any atom is 0.242 e. The van der Waals surface area contributed by atoms with Gasteiger partial charge in [0.2, 0.25) is 11.8 Å². The fraction of sp³-hybridized carbons (Fsp3) is 0.391. The van der Waals surface area contributed by atoms with Gasteiger partial charge in [-0.2, -0.15) is 0 Å². The van der Waals surface area contributed by atoms with Crippen LogP contribution in [0.2, 0.25) is 5.02 Å². The molecule has 4 nitrogen and oxygen atoms in total. The van der Waals surface area contributed by atoms with Gasteiger partial charge in [0.1, 0.15) is 11.9 Å². The molecule has 2 atom stereocenters. The van der Waals surface area contributed by atoms with Crippen LogP contribution in [0, 0.1) is 5.82 Å². The zero-order chi connectivity index (χ0) is 22.1. The molecule has 0 spiro atoms. The van der Waals surface area contributed by atoms with E-state index in [1.54, 1.807) is 42.2 Å². The van der Waals surface area contributed by atoms with Gasteiger partial charge in [-0.3, -0.25) is 9.59 Å². The van der Waals surface area contributed by atoms with Gasteiger partial charge in [0.25, 0.3) is 0 Å². The van der Waals surface area contributed by atoms with Gasteiger partial charge >= 0.3 is 0 Å². The second-order valence-electron chi connectivity index (χ2n) is 7.23. The first-order chi connectivity index (χ1) is 14.3. The number of hydrogen-bond acceptors (Lipinski definition) is 3. The van der Waals surface area contributed by atoms with Crippen molar-refractivity contribution in [2.24, 2.45) is 0 Å². The molecular formula is C23H28ClFN2O2S. The first-order valence-electron chi connectivity index (χ1n) is 9.97. The van der Waals surface area contributed by atoms with Gasteiger partial charge < -0.3 is 10.2 Å². The number of thioether (sulfide) groups is 1. The lowest BCUT2D eigenvalue weighted by molar-refractivity contribution is -0.138. The molecule has 0 saturated heterocycles. The second-order valence-corrected chi connectivity index (χ2v) is 8.65. The van der Waals surface area contributed by atoms with Crippen molar-refractivity contribution in [1.82, 2.24) is 10.2 Å². The van der Waals surface area contributed by atoms with E-state index in [9.17, 15) is 14.0 Å². The monoisotopic (exact) mass is 450 g/mol. The van der Waals surface area contributed by atoms with Crippen LogP contribution in [0.5, 0.6) is 0 Å². The summed E-state index contributed by atoms with van der Waals surface area (Å²) in [4.78, 5) is 27.2. The molecule has 0 radical (unpaired) electrons. The Labute approximate surface area is 187 Å². The molecule has 2 aromatic carbocycles. The van der Waals surface area contributed by atoms with Gasteiger partial charge in [-0.05, 0) is 49.6 Å². The summed E-state index contributed by atoms with van der Waals surface area (Å²) in [6.07, 6.45) is 0.805. The Kier molecular flexibility index (Phi) is 9.66. The Morgan fingerprint density at radius 2 is 1.90 bits per heavy atom. The van der Waals surface area contributed by atoms with E-state index in [0.29, 0.717) is 16.3 Å². The minimum absolute atomic E-state index is 0.0264. The number of hydrogen-bond donors (Lipinski definition) is 1. The summed E-state index contributed by atoms with van der Waals surface area (Å²) >= 11 is 7.41. The molecule has 0 fully saturated rings. The van der Waals surface area contributed by atoms with Gasteiger partial charge in [0.05, 0.1) is 5.75 Å². The molecule has 0 aliphatic rings. The predicted octanol–water partition coefficient (Wildman–Crippen LogP) is 5.04. The summed E-state index contributed by atoms with van der Waals surface area (Å²) in [7, 11) is 0. The van der Waals surface area contributed by atoms with Crippen LogP contribution in [0.3, 0.4) is 0 Å². The van der Waals surface area contributed by atoms with Crippen LogP contribution in [0.1, 0.15) is 38.3 Å². The van der Waals surface area contributed by atoms with Crippen LogP contribution < -0.4 is 5.32 Å². The van der Waals surface area contributed by atoms with E-state index in [4.69, 9.17) is 11.6 Å². The van der Waals surface area contributed by atoms with Crippen molar-refractivity contribution in [2.75, 3.05) is 5.75 Å². The number of benzene rings is 2. The average Bonchev–Trinajstić information content (AvgIpc) is 2.72. The highest BCUT2D eigenvalue weighted by atomic mass is 35.5. The maximum atomic E-state index is 13.8. The highest BCUT2D eigenvalue weighted by Gasteiger charge is 2.26. The highest BCUT2D eigenvalue weighted by Crippen LogP contribution is 2.19. The van der Waals surface area contributed by atoms with Crippen molar-refractivity contribution in [3.05, 3.63) is 70.5 Å². The van der Waals surface area contributed by atoms with Crippen molar-refractivity contribution in [3.8, 4) is 0 Å². The third kappa shape index (κ3) is 7.33. The highest BCUT2D eigenvalue weighted by molar-refractivity contribution is 7.99. The number of carbonyl (C=O) groups excluding carboxylic acids is 2. The van der Waals surface area contributed by atoms with Crippen LogP contribution in [0.4, 0.5) is 4.39 Å². The third-order valence-electron chi connectivity index (χ3n) is 4.85. The Morgan fingerprint density at radius 3 is 2.57 bits per heavy atom. The minimum Gasteiger partial charge on any atom is -0.352 e. The Hall–Kier alpha value is -2.05. The standard InChI is InChI=1S/C23H28ClFN2O2S/c1-4-16(2)26-23(29)17(3)27(13-18-8-7-10-20(24)12-18)22(28)15-30-14-19-9-5-6-11-21(19)25/h5-12,16-17H,4,13-15H2,1-3H3,(H,26,29)/t16-,17+/m0/s1. The van der Waals surface area contributed by atoms with Gasteiger partial charge in [-0.15, -0.1) is 11.8 Å². The van der Waals surface area contributed by atoms with Crippen LogP contribution in [0.25, 0.3) is 0 Å². The van der Waals surface area contributed by atoms with E-state index in [1.807, 2.05) is 26.0 Å². The van der Waals surface area contributed by atoms with E-state index < -0.39 is 6.04 Å². The number of rotatable bonds is 10. The van der Waals surface area contributed by atoms with Gasteiger partial charge in [0.15, 0.2) is 0 Å². The van der Waals surface area contributed by atoms with E-state index in [1.165, 1.54) is 17.8 Å². The van der Waals surface area contributed by atoms with Crippen LogP contribution in [-0.4, -0.2) is 34.6 Å². The first-order valence-corrected chi connectivity index (χ1v) is 11.5. The molecule has 2 amide bonds. The maximum absolute atomic E-state index is 13.8. The van der Waals surface area contributed by atoms with Gasteiger partial charge in [-0.25, -0.2) is 4.39 Å². The number of nitrogens with zero attached hydrogens (tertiary/aromatic N) is 1. The SMILES string of the molecule is CC[C@H](C)NC(=O)[C@@H](C)N(Cc1cccc(Cl)c1)C(=O)CSCc1ccccc1F. The van der Waals surface area contributed by atoms with Gasteiger partial charge in [0, 0.05) is 23.4 Å². The summed E-state index contributed by atoms with van der Waals surface area (Å²) < 4.78 is 13.8. The molecule has 30 heavy (non-hydrogen) atoms. The lowest BCUT2D eigenvalue weighted by Crippen LogP contribution is -2.50. The van der Waals surface area contributed by atoms with E-state index in [-0.39, 0.29) is 36.0 Å². The molecule has 0 saturated carbocycles. The quantitative estimate of drug-likeness (QED) is 0.551. The topological polar surface area (TPSA) is 49.4 Å². The molecule has 0 aliphatic carbocycles. The third-order valence-corrected chi connectivity index (χ3v) is 6.05. The van der Waals surface area contributed by atoms with Crippen molar-refractivity contribution in [3.63, 3.8) is 0 Å². The Morgan fingerprint density at radius 1 is 1.17 bits per heavy atom. The molecule has 0 aliphatic heterocycles. The minimum atomic E-state index is -0.639. The lowest BCUT2D eigenvalue weighted by atomic mass is 10.1. The molecule has 2 rings (SSSR count). The molecule has 0 aromatic heterocycles. The lowest BCUT2D eigenvalue weighted by Gasteiger charge is -2.29. The summed E-state index contributed by atoms with van der Waals surface area (Å²) in [5.74, 6) is -0.122. The second kappa shape index (κ2) is 12.0.